The number of carboxylic acids is 2. The third-order valence-electron chi connectivity index (χ3n) is 2.87. The van der Waals surface area contributed by atoms with Crippen LogP contribution in [-0.2, 0) is 9.59 Å². The van der Waals surface area contributed by atoms with Gasteiger partial charge in [-0.1, -0.05) is 58.3 Å². The molecule has 0 heterocycles. The van der Waals surface area contributed by atoms with Gasteiger partial charge in [-0.2, -0.15) is 0 Å². The molecule has 3 N–H and O–H groups in total. The summed E-state index contributed by atoms with van der Waals surface area (Å²) in [5.41, 5.74) is 4.84. The molecule has 0 radical (unpaired) electrons. The molecule has 0 rings (SSSR count). The minimum absolute atomic E-state index is 0. The van der Waals surface area contributed by atoms with Gasteiger partial charge in [-0.3, -0.25) is 4.79 Å². The Morgan fingerprint density at radius 3 is 1.62 bits per heavy atom. The Balaban J connectivity index is -0.000000394. The standard InChI is InChI=1S/C12H24O2.C3H7NO2.K/c1-2-3-4-5-6-7-8-9-10-11-12(13)14;1-2(4)3(5)6;/h2-11H2,1H3,(H,13,14);2H,4H2,1H3,(H,5,6);/q;;+1/p-1. The fraction of sp³-hybridized carbons (Fsp3) is 0.867. The van der Waals surface area contributed by atoms with E-state index in [1.165, 1.54) is 51.9 Å². The van der Waals surface area contributed by atoms with E-state index in [4.69, 9.17) is 10.8 Å². The molecule has 1 unspecified atom stereocenters. The minimum atomic E-state index is -0.963. The summed E-state index contributed by atoms with van der Waals surface area (Å²) in [5, 5.41) is 18.0. The van der Waals surface area contributed by atoms with Crippen LogP contribution in [0.15, 0.2) is 0 Å². The first-order valence-corrected chi connectivity index (χ1v) is 7.60. The predicted octanol–water partition coefficient (Wildman–Crippen LogP) is -0.921. The molecule has 0 aliphatic heterocycles. The summed E-state index contributed by atoms with van der Waals surface area (Å²) in [5.74, 6) is -1.87. The Morgan fingerprint density at radius 1 is 1.00 bits per heavy atom. The fourth-order valence-electron chi connectivity index (χ4n) is 1.58. The van der Waals surface area contributed by atoms with Crippen LogP contribution >= 0.6 is 0 Å². The van der Waals surface area contributed by atoms with Crippen LogP contribution < -0.4 is 62.2 Å². The zero-order valence-corrected chi connectivity index (χ0v) is 17.0. The van der Waals surface area contributed by atoms with E-state index in [9.17, 15) is 14.7 Å². The molecule has 1 atom stereocenters. The Kier molecular flexibility index (Phi) is 25.9. The van der Waals surface area contributed by atoms with E-state index in [0.717, 1.165) is 12.8 Å². The van der Waals surface area contributed by atoms with Crippen LogP contribution in [0, 0.1) is 0 Å². The Hall–Kier alpha value is 0.536. The van der Waals surface area contributed by atoms with Crippen LogP contribution in [0.3, 0.4) is 0 Å². The molecule has 0 fully saturated rings. The largest absolute Gasteiger partial charge is 1.00 e. The zero-order valence-electron chi connectivity index (χ0n) is 13.9. The van der Waals surface area contributed by atoms with E-state index in [1.54, 1.807) is 0 Å². The maximum atomic E-state index is 10.1. The summed E-state index contributed by atoms with van der Waals surface area (Å²) in [7, 11) is 0. The molecule has 0 bridgehead atoms. The van der Waals surface area contributed by atoms with Crippen molar-refractivity contribution in [1.82, 2.24) is 0 Å². The molecule has 0 aromatic heterocycles. The SMILES string of the molecule is CC(N)C(=O)O.CCCCCCCCCCCC(=O)[O-].[K+]. The van der Waals surface area contributed by atoms with E-state index >= 15 is 0 Å². The van der Waals surface area contributed by atoms with Crippen molar-refractivity contribution in [3.05, 3.63) is 0 Å². The summed E-state index contributed by atoms with van der Waals surface area (Å²) in [4.78, 5) is 19.7. The van der Waals surface area contributed by atoms with Gasteiger partial charge in [-0.15, -0.1) is 0 Å². The maximum Gasteiger partial charge on any atom is 1.00 e. The molecule has 120 valence electrons. The molecule has 0 aromatic carbocycles. The third-order valence-corrected chi connectivity index (χ3v) is 2.87. The van der Waals surface area contributed by atoms with Crippen LogP contribution in [0.4, 0.5) is 0 Å². The molecule has 0 saturated heterocycles. The molecule has 0 spiro atoms. The van der Waals surface area contributed by atoms with Crippen LogP contribution in [0.2, 0.25) is 0 Å². The van der Waals surface area contributed by atoms with Crippen molar-refractivity contribution in [3.8, 4) is 0 Å². The van der Waals surface area contributed by atoms with E-state index in [0.29, 0.717) is 0 Å². The van der Waals surface area contributed by atoms with Gasteiger partial charge >= 0.3 is 57.4 Å². The van der Waals surface area contributed by atoms with Gasteiger partial charge < -0.3 is 20.7 Å². The van der Waals surface area contributed by atoms with Crippen LogP contribution in [0.25, 0.3) is 0 Å². The minimum Gasteiger partial charge on any atom is -0.550 e. The number of aliphatic carboxylic acids is 2. The first kappa shape index (κ1) is 26.4. The second kappa shape index (κ2) is 20.5. The third kappa shape index (κ3) is 29.2. The monoisotopic (exact) mass is 327 g/mol. The van der Waals surface area contributed by atoms with E-state index in [1.807, 2.05) is 0 Å². The second-order valence-electron chi connectivity index (χ2n) is 5.08. The number of hydrogen-bond acceptors (Lipinski definition) is 4. The molecule has 0 aliphatic carbocycles. The first-order valence-electron chi connectivity index (χ1n) is 7.60. The van der Waals surface area contributed by atoms with Crippen molar-refractivity contribution in [2.75, 3.05) is 0 Å². The van der Waals surface area contributed by atoms with Crippen LogP contribution in [0.5, 0.6) is 0 Å². The van der Waals surface area contributed by atoms with E-state index < -0.39 is 18.0 Å². The number of unbranched alkanes of at least 4 members (excludes halogenated alkanes) is 8. The van der Waals surface area contributed by atoms with Gasteiger partial charge in [0.05, 0.1) is 0 Å². The molecule has 6 heteroatoms. The van der Waals surface area contributed by atoms with Gasteiger partial charge in [0.15, 0.2) is 0 Å². The maximum absolute atomic E-state index is 10.1. The molecular weight excluding hydrogens is 297 g/mol. The summed E-state index contributed by atoms with van der Waals surface area (Å²) in [6.07, 6.45) is 11.2. The van der Waals surface area contributed by atoms with Crippen molar-refractivity contribution in [1.29, 1.82) is 0 Å². The number of hydrogen-bond donors (Lipinski definition) is 2. The molecular formula is C15H30KNO4. The van der Waals surface area contributed by atoms with E-state index in [-0.39, 0.29) is 57.8 Å². The quantitative estimate of drug-likeness (QED) is 0.377. The fourth-order valence-corrected chi connectivity index (χ4v) is 1.58. The Labute approximate surface area is 171 Å². The zero-order chi connectivity index (χ0) is 15.8. The van der Waals surface area contributed by atoms with Gasteiger partial charge in [0.25, 0.3) is 0 Å². The summed E-state index contributed by atoms with van der Waals surface area (Å²) in [6.45, 7) is 3.64. The molecule has 5 nitrogen and oxygen atoms in total. The number of carbonyl (C=O) groups is 2. The number of carboxylic acid groups (broad SMARTS) is 2. The normalized spacial score (nSPS) is 10.8. The van der Waals surface area contributed by atoms with Crippen molar-refractivity contribution in [2.24, 2.45) is 5.73 Å². The van der Waals surface area contributed by atoms with Crippen molar-refractivity contribution in [3.63, 3.8) is 0 Å². The second-order valence-corrected chi connectivity index (χ2v) is 5.08. The molecule has 21 heavy (non-hydrogen) atoms. The number of nitrogens with two attached hydrogens (primary N) is 1. The van der Waals surface area contributed by atoms with Gasteiger partial charge in [-0.25, -0.2) is 0 Å². The first-order chi connectivity index (χ1) is 9.41. The van der Waals surface area contributed by atoms with Crippen molar-refractivity contribution in [2.45, 2.75) is 84.1 Å². The molecule has 0 aliphatic rings. The van der Waals surface area contributed by atoms with E-state index in [2.05, 4.69) is 6.92 Å². The van der Waals surface area contributed by atoms with Crippen LogP contribution in [0.1, 0.15) is 78.1 Å². The molecule has 0 saturated carbocycles. The Bertz CT molecular complexity index is 248. The summed E-state index contributed by atoms with van der Waals surface area (Å²) < 4.78 is 0. The van der Waals surface area contributed by atoms with Crippen molar-refractivity contribution < 1.29 is 71.2 Å². The number of rotatable bonds is 11. The molecule has 0 aromatic rings. The van der Waals surface area contributed by atoms with Gasteiger partial charge in [0.2, 0.25) is 0 Å². The van der Waals surface area contributed by atoms with Gasteiger partial charge in [-0.05, 0) is 19.8 Å². The Morgan fingerprint density at radius 2 is 1.33 bits per heavy atom. The van der Waals surface area contributed by atoms with Crippen molar-refractivity contribution >= 4 is 11.9 Å². The smallest absolute Gasteiger partial charge is 0.550 e. The summed E-state index contributed by atoms with van der Waals surface area (Å²) >= 11 is 0. The summed E-state index contributed by atoms with van der Waals surface area (Å²) in [6, 6.07) is -0.731. The average molecular weight is 328 g/mol. The van der Waals surface area contributed by atoms with Gasteiger partial charge in [0.1, 0.15) is 6.04 Å². The molecule has 0 amide bonds. The predicted molar refractivity (Wildman–Crippen MR) is 78.1 cm³/mol. The topological polar surface area (TPSA) is 103 Å². The van der Waals surface area contributed by atoms with Crippen LogP contribution in [-0.4, -0.2) is 23.1 Å². The average Bonchev–Trinajstić information content (AvgIpc) is 2.37. The van der Waals surface area contributed by atoms with Gasteiger partial charge in [0, 0.05) is 5.97 Å². The number of carbonyl (C=O) groups excluding carboxylic acids is 1.